The van der Waals surface area contributed by atoms with Crippen LogP contribution in [0.1, 0.15) is 6.42 Å². The summed E-state index contributed by atoms with van der Waals surface area (Å²) in [7, 11) is 0. The summed E-state index contributed by atoms with van der Waals surface area (Å²) in [6, 6.07) is 0. The molecule has 2 rings (SSSR count). The number of hydrogen-bond acceptors (Lipinski definition) is 3. The molecule has 0 aromatic carbocycles. The Bertz CT molecular complexity index is 434. The molecule has 0 aromatic rings. The number of Topliss-reactive ketones (excluding diaryl/α,β-unsaturated/α-hetero) is 1. The molecule has 1 N–H and O–H groups in total. The molecule has 1 aliphatic carbocycles. The van der Waals surface area contributed by atoms with Gasteiger partial charge in [-0.2, -0.15) is 0 Å². The minimum atomic E-state index is -1.23. The number of ketones is 1. The van der Waals surface area contributed by atoms with Crippen LogP contribution in [0.25, 0.3) is 0 Å². The fourth-order valence-electron chi connectivity index (χ4n) is 1.38. The predicted octanol–water partition coefficient (Wildman–Crippen LogP) is 0.865. The highest BCUT2D eigenvalue weighted by Crippen LogP contribution is 2.19. The van der Waals surface area contributed by atoms with Gasteiger partial charge in [0.15, 0.2) is 0 Å². The molecular formula is C10H7NO3. The molecule has 1 aliphatic heterocycles. The van der Waals surface area contributed by atoms with Crippen molar-refractivity contribution in [3.8, 4) is 0 Å². The Balaban J connectivity index is 2.47. The Labute approximate surface area is 80.0 Å². The molecule has 0 radical (unpaired) electrons. The van der Waals surface area contributed by atoms with Crippen LogP contribution in [0.2, 0.25) is 0 Å². The fraction of sp³-hybridized carbons (Fsp3) is 0.100. The van der Waals surface area contributed by atoms with Crippen LogP contribution < -0.4 is 0 Å². The monoisotopic (exact) mass is 189 g/mol. The molecule has 0 fully saturated rings. The van der Waals surface area contributed by atoms with Crippen LogP contribution in [0.3, 0.4) is 0 Å². The third kappa shape index (κ3) is 1.21. The van der Waals surface area contributed by atoms with E-state index in [1.165, 1.54) is 0 Å². The van der Waals surface area contributed by atoms with E-state index in [0.717, 1.165) is 6.20 Å². The largest absolute Gasteiger partial charge is 0.477 e. The van der Waals surface area contributed by atoms with Crippen molar-refractivity contribution in [3.63, 3.8) is 0 Å². The van der Waals surface area contributed by atoms with E-state index in [4.69, 9.17) is 5.11 Å². The quantitative estimate of drug-likeness (QED) is 0.622. The number of rotatable bonds is 1. The molecule has 70 valence electrons. The first-order valence-corrected chi connectivity index (χ1v) is 4.12. The van der Waals surface area contributed by atoms with Crippen molar-refractivity contribution in [2.24, 2.45) is 4.99 Å². The molecule has 0 unspecified atom stereocenters. The van der Waals surface area contributed by atoms with Crippen LogP contribution in [-0.2, 0) is 9.59 Å². The van der Waals surface area contributed by atoms with Gasteiger partial charge < -0.3 is 5.11 Å². The lowest BCUT2D eigenvalue weighted by Gasteiger charge is -2.14. The molecule has 0 amide bonds. The summed E-state index contributed by atoms with van der Waals surface area (Å²) in [4.78, 5) is 26.1. The van der Waals surface area contributed by atoms with Crippen molar-refractivity contribution in [2.75, 3.05) is 0 Å². The molecule has 4 heteroatoms. The van der Waals surface area contributed by atoms with Crippen LogP contribution >= 0.6 is 0 Å². The number of hydrogen-bond donors (Lipinski definition) is 1. The second-order valence-corrected chi connectivity index (χ2v) is 2.97. The molecule has 0 saturated carbocycles. The van der Waals surface area contributed by atoms with Crippen LogP contribution in [0.4, 0.5) is 0 Å². The summed E-state index contributed by atoms with van der Waals surface area (Å²) >= 11 is 0. The van der Waals surface area contributed by atoms with Crippen molar-refractivity contribution in [2.45, 2.75) is 6.42 Å². The number of nitrogens with zero attached hydrogens (tertiary/aromatic N) is 1. The third-order valence-electron chi connectivity index (χ3n) is 2.09. The zero-order valence-corrected chi connectivity index (χ0v) is 7.23. The van der Waals surface area contributed by atoms with E-state index in [2.05, 4.69) is 4.99 Å². The van der Waals surface area contributed by atoms with Crippen molar-refractivity contribution < 1.29 is 14.7 Å². The topological polar surface area (TPSA) is 66.7 Å². The molecule has 1 heterocycles. The zero-order valence-electron chi connectivity index (χ0n) is 7.23. The summed E-state index contributed by atoms with van der Waals surface area (Å²) < 4.78 is 0. The van der Waals surface area contributed by atoms with E-state index in [1.54, 1.807) is 12.2 Å². The molecule has 0 bridgehead atoms. The number of carboxylic acid groups (broad SMARTS) is 1. The van der Waals surface area contributed by atoms with E-state index in [1.807, 2.05) is 6.08 Å². The molecule has 0 aromatic heterocycles. The Morgan fingerprint density at radius 1 is 1.50 bits per heavy atom. The average molecular weight is 189 g/mol. The van der Waals surface area contributed by atoms with Gasteiger partial charge in [-0.25, -0.2) is 4.79 Å². The van der Waals surface area contributed by atoms with E-state index in [0.29, 0.717) is 17.7 Å². The van der Waals surface area contributed by atoms with Gasteiger partial charge in [-0.05, 0) is 6.08 Å². The van der Waals surface area contributed by atoms with Gasteiger partial charge in [0.2, 0.25) is 5.78 Å². The second-order valence-electron chi connectivity index (χ2n) is 2.97. The highest BCUT2D eigenvalue weighted by atomic mass is 16.4. The lowest BCUT2D eigenvalue weighted by Crippen LogP contribution is -2.23. The lowest BCUT2D eigenvalue weighted by molar-refractivity contribution is -0.134. The second kappa shape index (κ2) is 3.06. The number of carbonyl (C=O) groups is 2. The predicted molar refractivity (Wildman–Crippen MR) is 50.0 cm³/mol. The first kappa shape index (κ1) is 8.62. The highest BCUT2D eigenvalue weighted by Gasteiger charge is 2.27. The number of allylic oxidation sites excluding steroid dienone is 4. The van der Waals surface area contributed by atoms with Crippen molar-refractivity contribution >= 4 is 17.5 Å². The van der Waals surface area contributed by atoms with Gasteiger partial charge in [-0.3, -0.25) is 9.79 Å². The van der Waals surface area contributed by atoms with E-state index >= 15 is 0 Å². The van der Waals surface area contributed by atoms with Crippen molar-refractivity contribution in [3.05, 3.63) is 35.6 Å². The van der Waals surface area contributed by atoms with Crippen LogP contribution in [0.15, 0.2) is 40.6 Å². The van der Waals surface area contributed by atoms with E-state index in [-0.39, 0.29) is 5.57 Å². The molecule has 14 heavy (non-hydrogen) atoms. The summed E-state index contributed by atoms with van der Waals surface area (Å²) in [6.45, 7) is 0. The van der Waals surface area contributed by atoms with Gasteiger partial charge in [-0.1, -0.05) is 12.2 Å². The maximum Gasteiger partial charge on any atom is 0.341 e. The normalized spacial score (nSPS) is 19.4. The van der Waals surface area contributed by atoms with Gasteiger partial charge in [-0.15, -0.1) is 0 Å². The number of carboxylic acids is 1. The van der Waals surface area contributed by atoms with Gasteiger partial charge in [0.05, 0.1) is 5.71 Å². The zero-order chi connectivity index (χ0) is 10.1. The highest BCUT2D eigenvalue weighted by molar-refractivity contribution is 6.36. The molecule has 0 spiro atoms. The molecule has 0 atom stereocenters. The SMILES string of the molecule is O=C(O)C1=CN=C2CC=CC=C2C1=O. The average Bonchev–Trinajstić information content (AvgIpc) is 2.18. The molecule has 0 saturated heterocycles. The number of aliphatic carboxylic acids is 1. The lowest BCUT2D eigenvalue weighted by atomic mass is 9.93. The summed E-state index contributed by atoms with van der Waals surface area (Å²) in [6.07, 6.45) is 6.91. The summed E-state index contributed by atoms with van der Waals surface area (Å²) in [5.41, 5.74) is 0.769. The summed E-state index contributed by atoms with van der Waals surface area (Å²) in [5, 5.41) is 8.70. The Hall–Kier alpha value is -1.97. The number of aliphatic imine (C=N–C) groups is 1. The minimum absolute atomic E-state index is 0.268. The van der Waals surface area contributed by atoms with Gasteiger partial charge in [0, 0.05) is 18.2 Å². The Morgan fingerprint density at radius 2 is 2.29 bits per heavy atom. The fourth-order valence-corrected chi connectivity index (χ4v) is 1.38. The van der Waals surface area contributed by atoms with E-state index in [9.17, 15) is 9.59 Å². The first-order chi connectivity index (χ1) is 6.70. The van der Waals surface area contributed by atoms with Gasteiger partial charge >= 0.3 is 5.97 Å². The molecule has 2 aliphatic rings. The molecule has 4 nitrogen and oxygen atoms in total. The third-order valence-corrected chi connectivity index (χ3v) is 2.09. The Kier molecular flexibility index (Phi) is 1.89. The van der Waals surface area contributed by atoms with Gasteiger partial charge in [0.25, 0.3) is 0 Å². The first-order valence-electron chi connectivity index (χ1n) is 4.12. The van der Waals surface area contributed by atoms with Crippen molar-refractivity contribution in [1.29, 1.82) is 0 Å². The number of carbonyl (C=O) groups excluding carboxylic acids is 1. The number of fused-ring (bicyclic) bond motifs is 1. The maximum absolute atomic E-state index is 11.6. The van der Waals surface area contributed by atoms with E-state index < -0.39 is 11.8 Å². The van der Waals surface area contributed by atoms with Crippen LogP contribution in [0.5, 0.6) is 0 Å². The Morgan fingerprint density at radius 3 is 3.00 bits per heavy atom. The maximum atomic E-state index is 11.6. The van der Waals surface area contributed by atoms with Crippen LogP contribution in [0, 0.1) is 0 Å². The molecular weight excluding hydrogens is 182 g/mol. The van der Waals surface area contributed by atoms with Gasteiger partial charge in [0.1, 0.15) is 5.57 Å². The minimum Gasteiger partial charge on any atom is -0.477 e. The van der Waals surface area contributed by atoms with Crippen LogP contribution in [-0.4, -0.2) is 22.6 Å². The smallest absolute Gasteiger partial charge is 0.341 e. The summed E-state index contributed by atoms with van der Waals surface area (Å²) in [5.74, 6) is -1.68. The van der Waals surface area contributed by atoms with Crippen molar-refractivity contribution in [1.82, 2.24) is 0 Å². The standard InChI is InChI=1S/C10H7NO3/c12-9-6-3-1-2-4-8(6)11-5-7(9)10(13)14/h1-3,5H,4H2,(H,13,14).